The van der Waals surface area contributed by atoms with Crippen LogP contribution in [0.15, 0.2) is 12.3 Å². The molecule has 7 heteroatoms. The van der Waals surface area contributed by atoms with Crippen molar-refractivity contribution in [2.24, 2.45) is 17.2 Å². The Morgan fingerprint density at radius 3 is 1.56 bits per heavy atom. The molecule has 2 atom stereocenters. The summed E-state index contributed by atoms with van der Waals surface area (Å²) in [5, 5.41) is 0. The summed E-state index contributed by atoms with van der Waals surface area (Å²) in [7, 11) is 0. The molecule has 7 nitrogen and oxygen atoms in total. The van der Waals surface area contributed by atoms with E-state index >= 15 is 0 Å². The first-order valence-corrected chi connectivity index (χ1v) is 4.57. The number of nitrogens with zero attached hydrogens (tertiary/aromatic N) is 1. The first-order chi connectivity index (χ1) is 7.20. The molecule has 0 aromatic carbocycles. The Bertz CT molecular complexity index is 316. The summed E-state index contributed by atoms with van der Waals surface area (Å²) in [6.45, 7) is 6.01. The van der Waals surface area contributed by atoms with Crippen molar-refractivity contribution in [2.75, 3.05) is 0 Å². The Morgan fingerprint density at radius 2 is 1.38 bits per heavy atom. The molecule has 6 N–H and O–H groups in total. The van der Waals surface area contributed by atoms with Crippen LogP contribution in [0.3, 0.4) is 0 Å². The average Bonchev–Trinajstić information content (AvgIpc) is 2.16. The minimum Gasteiger partial charge on any atom is -0.364 e. The number of hydrogen-bond donors (Lipinski definition) is 3. The van der Waals surface area contributed by atoms with Crippen LogP contribution in [0.4, 0.5) is 0 Å². The first-order valence-electron chi connectivity index (χ1n) is 4.57. The van der Waals surface area contributed by atoms with Gasteiger partial charge in [-0.15, -0.1) is 0 Å². The maximum Gasteiger partial charge on any atom is 0.265 e. The zero-order valence-corrected chi connectivity index (χ0v) is 9.27. The van der Waals surface area contributed by atoms with Gasteiger partial charge in [0, 0.05) is 0 Å². The molecule has 0 aromatic rings. The molecule has 0 saturated carbocycles. The third-order valence-corrected chi connectivity index (χ3v) is 1.77. The average molecular weight is 228 g/mol. The topological polar surface area (TPSA) is 133 Å². The van der Waals surface area contributed by atoms with Gasteiger partial charge >= 0.3 is 0 Å². The van der Waals surface area contributed by atoms with E-state index in [0.717, 1.165) is 0 Å². The van der Waals surface area contributed by atoms with Crippen LogP contribution in [-0.4, -0.2) is 34.7 Å². The van der Waals surface area contributed by atoms with E-state index in [4.69, 9.17) is 17.2 Å². The molecule has 0 bridgehead atoms. The highest BCUT2D eigenvalue weighted by atomic mass is 16.2. The number of nitrogens with two attached hydrogens (primary N) is 3. The van der Waals surface area contributed by atoms with Gasteiger partial charge in [-0.05, 0) is 13.8 Å². The van der Waals surface area contributed by atoms with Gasteiger partial charge in [0.15, 0.2) is 0 Å². The lowest BCUT2D eigenvalue weighted by molar-refractivity contribution is -0.145. The van der Waals surface area contributed by atoms with Crippen LogP contribution in [0.25, 0.3) is 0 Å². The van der Waals surface area contributed by atoms with Crippen LogP contribution in [0, 0.1) is 0 Å². The third kappa shape index (κ3) is 3.14. The lowest BCUT2D eigenvalue weighted by atomic mass is 10.2. The summed E-state index contributed by atoms with van der Waals surface area (Å²) >= 11 is 0. The van der Waals surface area contributed by atoms with E-state index in [2.05, 4.69) is 6.58 Å². The normalized spacial score (nSPS) is 13.8. The van der Waals surface area contributed by atoms with E-state index in [9.17, 15) is 14.4 Å². The van der Waals surface area contributed by atoms with Crippen molar-refractivity contribution in [1.29, 1.82) is 0 Å². The standard InChI is InChI=1S/C9H16N4O3/c1-4(10)8(15)13(6(3)7(12)14)9(16)5(2)11/h4-5H,3,10-11H2,1-2H3,(H2,12,14)/t4-,5-/m0/s1. The van der Waals surface area contributed by atoms with Gasteiger partial charge in [0.2, 0.25) is 0 Å². The molecular weight excluding hydrogens is 212 g/mol. The largest absolute Gasteiger partial charge is 0.364 e. The molecule has 0 aliphatic carbocycles. The van der Waals surface area contributed by atoms with Gasteiger partial charge in [-0.1, -0.05) is 6.58 Å². The lowest BCUT2D eigenvalue weighted by Crippen LogP contribution is -2.51. The van der Waals surface area contributed by atoms with Gasteiger partial charge in [-0.2, -0.15) is 0 Å². The Kier molecular flexibility index (Phi) is 4.80. The van der Waals surface area contributed by atoms with Gasteiger partial charge < -0.3 is 17.2 Å². The summed E-state index contributed by atoms with van der Waals surface area (Å²) in [5.41, 5.74) is 15.2. The molecule has 3 amide bonds. The first kappa shape index (κ1) is 14.3. The zero-order valence-electron chi connectivity index (χ0n) is 9.27. The molecule has 0 unspecified atom stereocenters. The fraction of sp³-hybridized carbons (Fsp3) is 0.444. The number of carbonyl (C=O) groups is 3. The van der Waals surface area contributed by atoms with Crippen LogP contribution in [-0.2, 0) is 14.4 Å². The number of primary amides is 1. The highest BCUT2D eigenvalue weighted by Gasteiger charge is 2.30. The van der Waals surface area contributed by atoms with E-state index in [-0.39, 0.29) is 0 Å². The summed E-state index contributed by atoms with van der Waals surface area (Å²) in [4.78, 5) is 34.6. The van der Waals surface area contributed by atoms with Crippen molar-refractivity contribution in [3.63, 3.8) is 0 Å². The highest BCUT2D eigenvalue weighted by molar-refractivity contribution is 6.08. The third-order valence-electron chi connectivity index (χ3n) is 1.77. The minimum atomic E-state index is -0.983. The Labute approximate surface area is 93.2 Å². The number of hydrogen-bond acceptors (Lipinski definition) is 5. The van der Waals surface area contributed by atoms with E-state index in [1.807, 2.05) is 0 Å². The predicted molar refractivity (Wildman–Crippen MR) is 57.5 cm³/mol. The van der Waals surface area contributed by atoms with Gasteiger partial charge in [0.1, 0.15) is 5.70 Å². The van der Waals surface area contributed by atoms with Crippen molar-refractivity contribution in [3.05, 3.63) is 12.3 Å². The summed E-state index contributed by atoms with van der Waals surface area (Å²) in [5.74, 6) is -2.53. The van der Waals surface area contributed by atoms with Gasteiger partial charge in [-0.3, -0.25) is 14.4 Å². The van der Waals surface area contributed by atoms with E-state index in [1.165, 1.54) is 13.8 Å². The van der Waals surface area contributed by atoms with E-state index < -0.39 is 35.5 Å². The number of carbonyl (C=O) groups excluding carboxylic acids is 3. The second-order valence-corrected chi connectivity index (χ2v) is 3.40. The predicted octanol–water partition coefficient (Wildman–Crippen LogP) is -1.96. The number of amides is 3. The molecule has 16 heavy (non-hydrogen) atoms. The van der Waals surface area contributed by atoms with Crippen LogP contribution in [0.1, 0.15) is 13.8 Å². The van der Waals surface area contributed by atoms with Gasteiger partial charge in [-0.25, -0.2) is 4.90 Å². The molecule has 0 spiro atoms. The molecular formula is C9H16N4O3. The van der Waals surface area contributed by atoms with E-state index in [1.54, 1.807) is 0 Å². The zero-order chi connectivity index (χ0) is 13.0. The van der Waals surface area contributed by atoms with Crippen molar-refractivity contribution < 1.29 is 14.4 Å². The molecule has 0 aliphatic rings. The highest BCUT2D eigenvalue weighted by Crippen LogP contribution is 2.06. The number of imide groups is 1. The minimum absolute atomic E-state index is 0.440. The fourth-order valence-electron chi connectivity index (χ4n) is 0.892. The summed E-state index contributed by atoms with van der Waals surface area (Å²) in [6.07, 6.45) is 0. The monoisotopic (exact) mass is 228 g/mol. The summed E-state index contributed by atoms with van der Waals surface area (Å²) in [6, 6.07) is -1.92. The van der Waals surface area contributed by atoms with Crippen LogP contribution >= 0.6 is 0 Å². The Hall–Kier alpha value is -1.73. The smallest absolute Gasteiger partial charge is 0.265 e. The molecule has 0 heterocycles. The molecule has 0 saturated heterocycles. The van der Waals surface area contributed by atoms with Crippen molar-refractivity contribution in [2.45, 2.75) is 25.9 Å². The maximum atomic E-state index is 11.6. The second-order valence-electron chi connectivity index (χ2n) is 3.40. The Balaban J connectivity index is 5.22. The van der Waals surface area contributed by atoms with Gasteiger partial charge in [0.05, 0.1) is 12.1 Å². The molecule has 0 rings (SSSR count). The molecule has 0 fully saturated rings. The fourth-order valence-corrected chi connectivity index (χ4v) is 0.892. The van der Waals surface area contributed by atoms with Gasteiger partial charge in [0.25, 0.3) is 17.7 Å². The van der Waals surface area contributed by atoms with Crippen molar-refractivity contribution in [1.82, 2.24) is 4.90 Å². The number of rotatable bonds is 4. The van der Waals surface area contributed by atoms with Crippen LogP contribution < -0.4 is 17.2 Å². The van der Waals surface area contributed by atoms with Crippen molar-refractivity contribution >= 4 is 17.7 Å². The second kappa shape index (κ2) is 5.38. The van der Waals surface area contributed by atoms with Crippen molar-refractivity contribution in [3.8, 4) is 0 Å². The Morgan fingerprint density at radius 1 is 1.06 bits per heavy atom. The van der Waals surface area contributed by atoms with E-state index in [0.29, 0.717) is 4.90 Å². The lowest BCUT2D eigenvalue weighted by Gasteiger charge is -2.24. The molecule has 90 valence electrons. The maximum absolute atomic E-state index is 11.6. The summed E-state index contributed by atoms with van der Waals surface area (Å²) < 4.78 is 0. The molecule has 0 radical (unpaired) electrons. The SMILES string of the molecule is C=C(C(N)=O)N(C(=O)[C@H](C)N)C(=O)[C@H](C)N. The molecule has 0 aliphatic heterocycles. The quantitative estimate of drug-likeness (QED) is 0.480. The van der Waals surface area contributed by atoms with Crippen LogP contribution in [0.5, 0.6) is 0 Å². The van der Waals surface area contributed by atoms with Crippen LogP contribution in [0.2, 0.25) is 0 Å². The molecule has 0 aromatic heterocycles.